The molecule has 0 bridgehead atoms. The van der Waals surface area contributed by atoms with Crippen LogP contribution < -0.4 is 5.32 Å². The second kappa shape index (κ2) is 7.84. The second-order valence-electron chi connectivity index (χ2n) is 5.75. The molecule has 4 nitrogen and oxygen atoms in total. The summed E-state index contributed by atoms with van der Waals surface area (Å²) in [5.41, 5.74) is 0.588. The van der Waals surface area contributed by atoms with Gasteiger partial charge in [-0.05, 0) is 17.5 Å². The van der Waals surface area contributed by atoms with Crippen molar-refractivity contribution in [1.82, 2.24) is 5.32 Å². The van der Waals surface area contributed by atoms with Crippen molar-refractivity contribution in [3.05, 3.63) is 45.2 Å². The maximum absolute atomic E-state index is 9.19. The van der Waals surface area contributed by atoms with Crippen molar-refractivity contribution in [3.63, 3.8) is 0 Å². The number of aliphatic imine (C=N–C) groups is 1. The predicted molar refractivity (Wildman–Crippen MR) is 89.8 cm³/mol. The monoisotopic (exact) mass is 334 g/mol. The molecular weight excluding hydrogens is 319 g/mol. The number of benzene rings is 1. The van der Waals surface area contributed by atoms with Crippen molar-refractivity contribution >= 4 is 29.4 Å². The van der Waals surface area contributed by atoms with Crippen LogP contribution in [0.3, 0.4) is 0 Å². The Morgan fingerprint density at radius 1 is 1.23 bits per heavy atom. The average molecular weight is 335 g/mol. The van der Waals surface area contributed by atoms with Gasteiger partial charge < -0.3 is 5.32 Å². The fourth-order valence-corrected chi connectivity index (χ4v) is 1.94. The molecule has 0 saturated heterocycles. The average Bonchev–Trinajstić information content (AvgIpc) is 2.43. The van der Waals surface area contributed by atoms with Crippen molar-refractivity contribution in [2.24, 2.45) is 10.4 Å². The molecule has 0 heterocycles. The number of hydrogen-bond acceptors (Lipinski definition) is 4. The van der Waals surface area contributed by atoms with Gasteiger partial charge in [-0.25, -0.2) is 4.99 Å². The lowest BCUT2D eigenvalue weighted by Gasteiger charge is -2.18. The lowest BCUT2D eigenvalue weighted by molar-refractivity contribution is 0.399. The first-order valence-corrected chi connectivity index (χ1v) is 7.30. The molecule has 0 aliphatic heterocycles. The highest BCUT2D eigenvalue weighted by atomic mass is 35.5. The zero-order valence-corrected chi connectivity index (χ0v) is 14.1. The van der Waals surface area contributed by atoms with Gasteiger partial charge in [0.1, 0.15) is 12.1 Å². The van der Waals surface area contributed by atoms with Gasteiger partial charge in [-0.15, -0.1) is 0 Å². The second-order valence-corrected chi connectivity index (χ2v) is 6.57. The minimum Gasteiger partial charge on any atom is -0.374 e. The summed E-state index contributed by atoms with van der Waals surface area (Å²) in [6, 6.07) is 8.93. The number of nitriles is 2. The first kappa shape index (κ1) is 18.0. The van der Waals surface area contributed by atoms with Gasteiger partial charge >= 0.3 is 0 Å². The molecule has 0 spiro atoms. The lowest BCUT2D eigenvalue weighted by atomic mass is 9.97. The van der Waals surface area contributed by atoms with Crippen molar-refractivity contribution in [2.45, 2.75) is 20.8 Å². The summed E-state index contributed by atoms with van der Waals surface area (Å²) < 4.78 is 0. The highest BCUT2D eigenvalue weighted by Gasteiger charge is 2.12. The summed E-state index contributed by atoms with van der Waals surface area (Å²) in [5, 5.41) is 22.2. The van der Waals surface area contributed by atoms with Crippen molar-refractivity contribution < 1.29 is 0 Å². The minimum atomic E-state index is -0.0293. The van der Waals surface area contributed by atoms with Gasteiger partial charge in [0, 0.05) is 18.3 Å². The summed E-state index contributed by atoms with van der Waals surface area (Å²) in [7, 11) is 0. The molecule has 1 N–H and O–H groups in total. The van der Waals surface area contributed by atoms with E-state index in [-0.39, 0.29) is 16.8 Å². The summed E-state index contributed by atoms with van der Waals surface area (Å²) in [4.78, 5) is 4.05. The van der Waals surface area contributed by atoms with E-state index in [4.69, 9.17) is 23.2 Å². The molecule has 0 aromatic heterocycles. The van der Waals surface area contributed by atoms with Crippen LogP contribution in [0, 0.1) is 28.1 Å². The molecule has 114 valence electrons. The first-order valence-electron chi connectivity index (χ1n) is 6.55. The Labute approximate surface area is 140 Å². The highest BCUT2D eigenvalue weighted by Crippen LogP contribution is 2.22. The van der Waals surface area contributed by atoms with E-state index in [9.17, 15) is 10.5 Å². The Balaban J connectivity index is 3.09. The van der Waals surface area contributed by atoms with Crippen molar-refractivity contribution in [3.8, 4) is 12.1 Å². The van der Waals surface area contributed by atoms with Crippen molar-refractivity contribution in [2.75, 3.05) is 6.54 Å². The van der Waals surface area contributed by atoms with Crippen LogP contribution in [-0.4, -0.2) is 12.8 Å². The number of nitrogens with one attached hydrogen (secondary N) is 1. The molecule has 0 unspecified atom stereocenters. The molecule has 0 amide bonds. The Bertz CT molecular complexity index is 665. The van der Waals surface area contributed by atoms with Gasteiger partial charge in [-0.3, -0.25) is 0 Å². The number of rotatable bonds is 4. The quantitative estimate of drug-likeness (QED) is 0.658. The summed E-state index contributed by atoms with van der Waals surface area (Å²) in [5.74, 6) is 0. The molecular formula is C16H16Cl2N4. The maximum Gasteiger partial charge on any atom is 0.174 e. The van der Waals surface area contributed by atoms with E-state index in [0.717, 1.165) is 0 Å². The van der Waals surface area contributed by atoms with Crippen LogP contribution in [0.4, 0.5) is 0 Å². The zero-order chi connectivity index (χ0) is 16.8. The van der Waals surface area contributed by atoms with Crippen molar-refractivity contribution in [1.29, 1.82) is 10.5 Å². The number of hydrogen-bond donors (Lipinski definition) is 1. The Kier molecular flexibility index (Phi) is 6.43. The van der Waals surface area contributed by atoms with E-state index in [1.807, 2.05) is 32.9 Å². The lowest BCUT2D eigenvalue weighted by Crippen LogP contribution is -2.26. The molecule has 0 atom stereocenters. The standard InChI is InChI=1S/C16H16Cl2N4/c1-16(2,3)10-22-15(8-20)14(7-19)21-9-11-12(17)5-4-6-13(11)18/h4-6,9,22H,10H2,1-3H3. The van der Waals surface area contributed by atoms with E-state index < -0.39 is 0 Å². The Morgan fingerprint density at radius 2 is 1.82 bits per heavy atom. The van der Waals surface area contributed by atoms with Gasteiger partial charge in [0.05, 0.1) is 10.0 Å². The Morgan fingerprint density at radius 3 is 2.27 bits per heavy atom. The molecule has 1 aromatic carbocycles. The van der Waals surface area contributed by atoms with Crippen LogP contribution in [0.2, 0.25) is 10.0 Å². The zero-order valence-electron chi connectivity index (χ0n) is 12.6. The Hall–Kier alpha value is -2.01. The maximum atomic E-state index is 9.19. The molecule has 22 heavy (non-hydrogen) atoms. The number of allylic oxidation sites excluding steroid dienone is 2. The van der Waals surface area contributed by atoms with Crippen LogP contribution in [0.5, 0.6) is 0 Å². The van der Waals surface area contributed by atoms with Crippen LogP contribution >= 0.6 is 23.2 Å². The van der Waals surface area contributed by atoms with Gasteiger partial charge in [0.2, 0.25) is 0 Å². The fraction of sp³-hybridized carbons (Fsp3) is 0.312. The first-order chi connectivity index (χ1) is 10.3. The number of nitrogens with zero attached hydrogens (tertiary/aromatic N) is 3. The summed E-state index contributed by atoms with van der Waals surface area (Å²) >= 11 is 12.1. The SMILES string of the molecule is CC(C)(C)CNC(C#N)=C(C#N)N=Cc1c(Cl)cccc1Cl. The molecule has 1 aromatic rings. The third kappa shape index (κ3) is 5.41. The summed E-state index contributed by atoms with van der Waals surface area (Å²) in [6.07, 6.45) is 1.39. The molecule has 1 rings (SSSR count). The van der Waals surface area contributed by atoms with Crippen LogP contribution in [0.1, 0.15) is 26.3 Å². The molecule has 0 fully saturated rings. The minimum absolute atomic E-state index is 0.0114. The molecule has 6 heteroatoms. The number of halogens is 2. The molecule has 0 radical (unpaired) electrons. The van der Waals surface area contributed by atoms with Gasteiger partial charge in [0.15, 0.2) is 11.4 Å². The molecule has 0 saturated carbocycles. The van der Waals surface area contributed by atoms with Gasteiger partial charge in [-0.2, -0.15) is 10.5 Å². The normalized spacial score (nSPS) is 12.5. The largest absolute Gasteiger partial charge is 0.374 e. The highest BCUT2D eigenvalue weighted by molar-refractivity contribution is 6.38. The molecule has 0 aliphatic rings. The van der Waals surface area contributed by atoms with Gasteiger partial charge in [0.25, 0.3) is 0 Å². The van der Waals surface area contributed by atoms with E-state index >= 15 is 0 Å². The van der Waals surface area contributed by atoms with E-state index in [2.05, 4.69) is 10.3 Å². The van der Waals surface area contributed by atoms with E-state index in [0.29, 0.717) is 22.2 Å². The van der Waals surface area contributed by atoms with Crippen LogP contribution in [0.15, 0.2) is 34.6 Å². The van der Waals surface area contributed by atoms with Gasteiger partial charge in [-0.1, -0.05) is 50.0 Å². The topological polar surface area (TPSA) is 72.0 Å². The van der Waals surface area contributed by atoms with Crippen LogP contribution in [-0.2, 0) is 0 Å². The smallest absolute Gasteiger partial charge is 0.174 e. The fourth-order valence-electron chi connectivity index (χ4n) is 1.44. The summed E-state index contributed by atoms with van der Waals surface area (Å²) in [6.45, 7) is 6.61. The predicted octanol–water partition coefficient (Wildman–Crippen LogP) is 4.31. The van der Waals surface area contributed by atoms with Crippen LogP contribution in [0.25, 0.3) is 0 Å². The third-order valence-corrected chi connectivity index (χ3v) is 3.23. The molecule has 0 aliphatic carbocycles. The van der Waals surface area contributed by atoms with E-state index in [1.165, 1.54) is 6.21 Å². The van der Waals surface area contributed by atoms with E-state index in [1.54, 1.807) is 18.2 Å². The third-order valence-electron chi connectivity index (χ3n) is 2.57.